The maximum atomic E-state index is 10.8. The number of hydrogen-bond donors (Lipinski definition) is 3. The minimum atomic E-state index is -0.805. The molecule has 4 heteroatoms. The number of para-hydroxylation sites is 1. The first-order chi connectivity index (χ1) is 8.09. The number of aliphatic carboxylic acids is 1. The number of nitrogens with one attached hydrogen (secondary N) is 1. The molecule has 0 spiro atoms. The van der Waals surface area contributed by atoms with Crippen molar-refractivity contribution in [1.82, 2.24) is 4.98 Å². The molecule has 0 amide bonds. The fourth-order valence-electron chi connectivity index (χ4n) is 2.01. The third kappa shape index (κ3) is 2.31. The summed E-state index contributed by atoms with van der Waals surface area (Å²) in [6.07, 6.45) is 2.31. The second-order valence-corrected chi connectivity index (χ2v) is 4.37. The SMILES string of the molecule is CC(CC(N)c1c[nH]c2ccccc12)C(=O)O. The molecule has 17 heavy (non-hydrogen) atoms. The van der Waals surface area contributed by atoms with Crippen molar-refractivity contribution in [1.29, 1.82) is 0 Å². The van der Waals surface area contributed by atoms with E-state index in [0.29, 0.717) is 6.42 Å². The molecule has 0 radical (unpaired) electrons. The van der Waals surface area contributed by atoms with E-state index in [1.54, 1.807) is 6.92 Å². The summed E-state index contributed by atoms with van der Waals surface area (Å²) in [5.41, 5.74) is 8.07. The van der Waals surface area contributed by atoms with Crippen LogP contribution in [0.2, 0.25) is 0 Å². The third-order valence-corrected chi connectivity index (χ3v) is 3.05. The fraction of sp³-hybridized carbons (Fsp3) is 0.308. The van der Waals surface area contributed by atoms with Crippen LogP contribution in [0, 0.1) is 5.92 Å². The highest BCUT2D eigenvalue weighted by molar-refractivity contribution is 5.83. The number of hydrogen-bond acceptors (Lipinski definition) is 2. The van der Waals surface area contributed by atoms with E-state index in [4.69, 9.17) is 10.8 Å². The van der Waals surface area contributed by atoms with Gasteiger partial charge in [-0.15, -0.1) is 0 Å². The molecule has 0 aliphatic carbocycles. The number of carboxylic acid groups (broad SMARTS) is 1. The Balaban J connectivity index is 2.25. The Kier molecular flexibility index (Phi) is 3.15. The summed E-state index contributed by atoms with van der Waals surface area (Å²) in [7, 11) is 0. The van der Waals surface area contributed by atoms with Crippen LogP contribution in [0.25, 0.3) is 10.9 Å². The highest BCUT2D eigenvalue weighted by Crippen LogP contribution is 2.26. The molecule has 1 aromatic carbocycles. The highest BCUT2D eigenvalue weighted by Gasteiger charge is 2.18. The molecule has 1 heterocycles. The molecule has 0 bridgehead atoms. The number of nitrogens with two attached hydrogens (primary N) is 1. The van der Waals surface area contributed by atoms with Crippen molar-refractivity contribution in [3.05, 3.63) is 36.0 Å². The van der Waals surface area contributed by atoms with Crippen LogP contribution in [-0.2, 0) is 4.79 Å². The van der Waals surface area contributed by atoms with Crippen molar-refractivity contribution >= 4 is 16.9 Å². The smallest absolute Gasteiger partial charge is 0.306 e. The standard InChI is InChI=1S/C13H16N2O2/c1-8(13(16)17)6-11(14)10-7-15-12-5-3-2-4-9(10)12/h2-5,7-8,11,15H,6,14H2,1H3,(H,16,17). The zero-order chi connectivity index (χ0) is 12.4. The maximum Gasteiger partial charge on any atom is 0.306 e. The van der Waals surface area contributed by atoms with Gasteiger partial charge in [0.2, 0.25) is 0 Å². The van der Waals surface area contributed by atoms with Crippen LogP contribution in [0.5, 0.6) is 0 Å². The molecule has 1 aromatic heterocycles. The lowest BCUT2D eigenvalue weighted by molar-refractivity contribution is -0.141. The predicted molar refractivity (Wildman–Crippen MR) is 66.6 cm³/mol. The van der Waals surface area contributed by atoms with Gasteiger partial charge in [-0.05, 0) is 18.1 Å². The minimum Gasteiger partial charge on any atom is -0.481 e. The van der Waals surface area contributed by atoms with Crippen molar-refractivity contribution in [2.45, 2.75) is 19.4 Å². The van der Waals surface area contributed by atoms with Crippen molar-refractivity contribution in [2.75, 3.05) is 0 Å². The Labute approximate surface area is 99.4 Å². The van der Waals surface area contributed by atoms with E-state index in [9.17, 15) is 4.79 Å². The van der Waals surface area contributed by atoms with Crippen LogP contribution < -0.4 is 5.73 Å². The highest BCUT2D eigenvalue weighted by atomic mass is 16.4. The Morgan fingerprint density at radius 3 is 2.88 bits per heavy atom. The van der Waals surface area contributed by atoms with Crippen LogP contribution in [0.3, 0.4) is 0 Å². The average molecular weight is 232 g/mol. The molecule has 90 valence electrons. The minimum absolute atomic E-state index is 0.253. The van der Waals surface area contributed by atoms with Crippen molar-refractivity contribution in [3.8, 4) is 0 Å². The number of H-pyrrole nitrogens is 1. The van der Waals surface area contributed by atoms with Gasteiger partial charge in [0, 0.05) is 23.1 Å². The van der Waals surface area contributed by atoms with E-state index in [2.05, 4.69) is 4.98 Å². The van der Waals surface area contributed by atoms with Crippen molar-refractivity contribution in [3.63, 3.8) is 0 Å². The molecule has 2 aromatic rings. The number of rotatable bonds is 4. The number of aromatic nitrogens is 1. The van der Waals surface area contributed by atoms with Crippen LogP contribution in [-0.4, -0.2) is 16.1 Å². The lowest BCUT2D eigenvalue weighted by Crippen LogP contribution is -2.18. The maximum absolute atomic E-state index is 10.8. The topological polar surface area (TPSA) is 79.1 Å². The predicted octanol–water partition coefficient (Wildman–Crippen LogP) is 2.28. The van der Waals surface area contributed by atoms with Crippen LogP contribution >= 0.6 is 0 Å². The molecular formula is C13H16N2O2. The summed E-state index contributed by atoms with van der Waals surface area (Å²) in [6, 6.07) is 7.62. The Morgan fingerprint density at radius 2 is 2.18 bits per heavy atom. The van der Waals surface area contributed by atoms with E-state index < -0.39 is 11.9 Å². The lowest BCUT2D eigenvalue weighted by Gasteiger charge is -2.13. The molecule has 0 fully saturated rings. The van der Waals surface area contributed by atoms with E-state index in [1.807, 2.05) is 30.5 Å². The summed E-state index contributed by atoms with van der Waals surface area (Å²) < 4.78 is 0. The van der Waals surface area contributed by atoms with Gasteiger partial charge in [-0.1, -0.05) is 25.1 Å². The Hall–Kier alpha value is -1.81. The van der Waals surface area contributed by atoms with Gasteiger partial charge in [-0.2, -0.15) is 0 Å². The largest absolute Gasteiger partial charge is 0.481 e. The van der Waals surface area contributed by atoms with E-state index in [0.717, 1.165) is 16.5 Å². The van der Waals surface area contributed by atoms with Crippen LogP contribution in [0.1, 0.15) is 24.9 Å². The van der Waals surface area contributed by atoms with Gasteiger partial charge >= 0.3 is 5.97 Å². The number of fused-ring (bicyclic) bond motifs is 1. The quantitative estimate of drug-likeness (QED) is 0.756. The van der Waals surface area contributed by atoms with Gasteiger partial charge in [-0.25, -0.2) is 0 Å². The number of carbonyl (C=O) groups is 1. The first-order valence-corrected chi connectivity index (χ1v) is 5.64. The molecular weight excluding hydrogens is 216 g/mol. The first-order valence-electron chi connectivity index (χ1n) is 5.64. The first kappa shape index (κ1) is 11.7. The summed E-state index contributed by atoms with van der Waals surface area (Å²) >= 11 is 0. The van der Waals surface area contributed by atoms with Crippen LogP contribution in [0.15, 0.2) is 30.5 Å². The summed E-state index contributed by atoms with van der Waals surface area (Å²) in [5.74, 6) is -1.24. The average Bonchev–Trinajstić information content (AvgIpc) is 2.72. The van der Waals surface area contributed by atoms with E-state index >= 15 is 0 Å². The Morgan fingerprint density at radius 1 is 1.47 bits per heavy atom. The molecule has 2 atom stereocenters. The molecule has 0 aliphatic heterocycles. The summed E-state index contributed by atoms with van der Waals surface area (Å²) in [6.45, 7) is 1.68. The zero-order valence-corrected chi connectivity index (χ0v) is 9.68. The molecule has 2 rings (SSSR count). The van der Waals surface area contributed by atoms with Gasteiger partial charge < -0.3 is 15.8 Å². The number of benzene rings is 1. The summed E-state index contributed by atoms with van der Waals surface area (Å²) in [5, 5.41) is 9.95. The molecule has 4 N–H and O–H groups in total. The molecule has 0 saturated heterocycles. The Bertz CT molecular complexity index is 533. The molecule has 2 unspecified atom stereocenters. The van der Waals surface area contributed by atoms with E-state index in [-0.39, 0.29) is 6.04 Å². The van der Waals surface area contributed by atoms with Crippen molar-refractivity contribution in [2.24, 2.45) is 11.7 Å². The number of carboxylic acids is 1. The van der Waals surface area contributed by atoms with Gasteiger partial charge in [0.05, 0.1) is 5.92 Å². The third-order valence-electron chi connectivity index (χ3n) is 3.05. The summed E-state index contributed by atoms with van der Waals surface area (Å²) in [4.78, 5) is 13.9. The second-order valence-electron chi connectivity index (χ2n) is 4.37. The van der Waals surface area contributed by atoms with Gasteiger partial charge in [0.15, 0.2) is 0 Å². The lowest BCUT2D eigenvalue weighted by atomic mass is 9.96. The zero-order valence-electron chi connectivity index (χ0n) is 9.68. The van der Waals surface area contributed by atoms with Gasteiger partial charge in [0.25, 0.3) is 0 Å². The van der Waals surface area contributed by atoms with Crippen molar-refractivity contribution < 1.29 is 9.90 Å². The second kappa shape index (κ2) is 4.59. The molecule has 4 nitrogen and oxygen atoms in total. The van der Waals surface area contributed by atoms with Gasteiger partial charge in [0.1, 0.15) is 0 Å². The fourth-order valence-corrected chi connectivity index (χ4v) is 2.01. The normalized spacial score (nSPS) is 14.7. The molecule has 0 saturated carbocycles. The van der Waals surface area contributed by atoms with Crippen LogP contribution in [0.4, 0.5) is 0 Å². The van der Waals surface area contributed by atoms with Gasteiger partial charge in [-0.3, -0.25) is 4.79 Å². The molecule has 0 aliphatic rings. The monoisotopic (exact) mass is 232 g/mol. The van der Waals surface area contributed by atoms with E-state index in [1.165, 1.54) is 0 Å². The number of aromatic amines is 1.